The molecule has 0 saturated heterocycles. The average Bonchev–Trinajstić information content (AvgIpc) is 3.30. The minimum atomic E-state index is -0.510. The van der Waals surface area contributed by atoms with Gasteiger partial charge in [0, 0.05) is 22.2 Å². The maximum absolute atomic E-state index is 14.2. The first kappa shape index (κ1) is 18.1. The molecule has 0 atom stereocenters. The van der Waals surface area contributed by atoms with E-state index in [1.807, 2.05) is 47.2 Å². The van der Waals surface area contributed by atoms with Gasteiger partial charge in [0.1, 0.15) is 10.8 Å². The highest BCUT2D eigenvalue weighted by atomic mass is 32.1. The molecule has 0 saturated carbocycles. The summed E-state index contributed by atoms with van der Waals surface area (Å²) in [6.07, 6.45) is 0. The van der Waals surface area contributed by atoms with Gasteiger partial charge in [-0.1, -0.05) is 48.5 Å². The van der Waals surface area contributed by atoms with Crippen LogP contribution in [0.4, 0.5) is 4.39 Å². The quantitative estimate of drug-likeness (QED) is 0.527. The van der Waals surface area contributed by atoms with E-state index >= 15 is 0 Å². The van der Waals surface area contributed by atoms with E-state index in [4.69, 9.17) is 10.7 Å². The van der Waals surface area contributed by atoms with Gasteiger partial charge in [0.25, 0.3) is 5.91 Å². The van der Waals surface area contributed by atoms with Crippen molar-refractivity contribution < 1.29 is 9.18 Å². The summed E-state index contributed by atoms with van der Waals surface area (Å²) < 4.78 is 16.1. The Morgan fingerprint density at radius 3 is 2.57 bits per heavy atom. The highest BCUT2D eigenvalue weighted by Crippen LogP contribution is 2.32. The van der Waals surface area contributed by atoms with Crippen LogP contribution < -0.4 is 5.73 Å². The summed E-state index contributed by atoms with van der Waals surface area (Å²) in [5.74, 6) is -0.796. The number of amides is 1. The molecule has 2 heterocycles. The Hall–Kier alpha value is -3.25. The smallest absolute Gasteiger partial charge is 0.250 e. The summed E-state index contributed by atoms with van der Waals surface area (Å²) in [5, 5.41) is 2.83. The second-order valence-corrected chi connectivity index (χ2v) is 7.33. The van der Waals surface area contributed by atoms with Crippen molar-refractivity contribution >= 4 is 17.2 Å². The van der Waals surface area contributed by atoms with Crippen molar-refractivity contribution in [2.75, 3.05) is 0 Å². The largest absolute Gasteiger partial charge is 0.366 e. The van der Waals surface area contributed by atoms with Crippen molar-refractivity contribution in [2.45, 2.75) is 13.5 Å². The lowest BCUT2D eigenvalue weighted by Gasteiger charge is -2.11. The molecular weight excluding hydrogens is 373 g/mol. The van der Waals surface area contributed by atoms with E-state index in [1.165, 1.54) is 17.4 Å². The first-order valence-corrected chi connectivity index (χ1v) is 9.67. The molecule has 28 heavy (non-hydrogen) atoms. The van der Waals surface area contributed by atoms with Crippen molar-refractivity contribution in [3.05, 3.63) is 88.7 Å². The number of hydrogen-bond acceptors (Lipinski definition) is 3. The third-order valence-electron chi connectivity index (χ3n) is 4.71. The molecule has 0 aliphatic heterocycles. The number of benzene rings is 2. The van der Waals surface area contributed by atoms with Gasteiger partial charge in [0.2, 0.25) is 0 Å². The zero-order valence-electron chi connectivity index (χ0n) is 15.2. The topological polar surface area (TPSA) is 60.9 Å². The Morgan fingerprint density at radius 2 is 1.86 bits per heavy atom. The molecule has 2 aromatic heterocycles. The van der Waals surface area contributed by atoms with E-state index in [1.54, 1.807) is 24.3 Å². The van der Waals surface area contributed by atoms with Gasteiger partial charge in [0.05, 0.1) is 23.5 Å². The molecular formula is C22H18FN3OS. The van der Waals surface area contributed by atoms with Crippen LogP contribution in [-0.2, 0) is 6.54 Å². The first-order valence-electron chi connectivity index (χ1n) is 8.79. The molecule has 0 spiro atoms. The fourth-order valence-electron chi connectivity index (χ4n) is 3.21. The minimum absolute atomic E-state index is 0.287. The summed E-state index contributed by atoms with van der Waals surface area (Å²) >= 11 is 1.52. The maximum Gasteiger partial charge on any atom is 0.250 e. The molecule has 6 heteroatoms. The predicted molar refractivity (Wildman–Crippen MR) is 110 cm³/mol. The summed E-state index contributed by atoms with van der Waals surface area (Å²) in [5.41, 5.74) is 9.70. The molecule has 0 aliphatic rings. The van der Waals surface area contributed by atoms with Crippen molar-refractivity contribution in [3.63, 3.8) is 0 Å². The molecule has 1 amide bonds. The highest BCUT2D eigenvalue weighted by Gasteiger charge is 2.19. The van der Waals surface area contributed by atoms with Crippen molar-refractivity contribution in [1.82, 2.24) is 9.55 Å². The zero-order chi connectivity index (χ0) is 19.7. The van der Waals surface area contributed by atoms with Crippen molar-refractivity contribution in [3.8, 4) is 22.0 Å². The highest BCUT2D eigenvalue weighted by molar-refractivity contribution is 7.13. The number of halogens is 1. The normalized spacial score (nSPS) is 10.9. The van der Waals surface area contributed by atoms with Crippen LogP contribution in [0.3, 0.4) is 0 Å². The summed E-state index contributed by atoms with van der Waals surface area (Å²) in [6, 6.07) is 18.2. The van der Waals surface area contributed by atoms with Crippen LogP contribution in [-0.4, -0.2) is 15.5 Å². The van der Waals surface area contributed by atoms with Crippen LogP contribution in [0.15, 0.2) is 66.0 Å². The number of primary amides is 1. The van der Waals surface area contributed by atoms with E-state index in [0.29, 0.717) is 23.4 Å². The van der Waals surface area contributed by atoms with Crippen LogP contribution in [0, 0.1) is 12.7 Å². The lowest BCUT2D eigenvalue weighted by Crippen LogP contribution is -2.13. The summed E-state index contributed by atoms with van der Waals surface area (Å²) in [6.45, 7) is 2.11. The second-order valence-electron chi connectivity index (χ2n) is 6.47. The monoisotopic (exact) mass is 391 g/mol. The Morgan fingerprint density at radius 1 is 1.14 bits per heavy atom. The molecule has 0 aliphatic carbocycles. The van der Waals surface area contributed by atoms with Gasteiger partial charge >= 0.3 is 0 Å². The Bertz CT molecular complexity index is 1150. The third-order valence-corrected chi connectivity index (χ3v) is 5.60. The molecule has 140 valence electrons. The Balaban J connectivity index is 1.81. The minimum Gasteiger partial charge on any atom is -0.366 e. The van der Waals surface area contributed by atoms with E-state index in [9.17, 15) is 9.18 Å². The third kappa shape index (κ3) is 3.34. The van der Waals surface area contributed by atoms with Crippen molar-refractivity contribution in [2.24, 2.45) is 5.73 Å². The van der Waals surface area contributed by atoms with Gasteiger partial charge in [-0.25, -0.2) is 9.37 Å². The predicted octanol–water partition coefficient (Wildman–Crippen LogP) is 4.87. The molecule has 0 radical (unpaired) electrons. The zero-order valence-corrected chi connectivity index (χ0v) is 16.0. The average molecular weight is 391 g/mol. The number of carbonyl (C=O) groups excluding carboxylic acids is 1. The first-order chi connectivity index (χ1) is 13.5. The molecule has 4 nitrogen and oxygen atoms in total. The van der Waals surface area contributed by atoms with Crippen molar-refractivity contribution in [1.29, 1.82) is 0 Å². The SMILES string of the molecule is Cc1c(C(N)=O)cc(-c2csc(-c3ccccc3)n2)n1Cc1ccccc1F. The molecule has 0 bridgehead atoms. The summed E-state index contributed by atoms with van der Waals surface area (Å²) in [4.78, 5) is 16.6. The van der Waals surface area contributed by atoms with Gasteiger partial charge in [-0.3, -0.25) is 4.79 Å². The van der Waals surface area contributed by atoms with Crippen LogP contribution in [0.2, 0.25) is 0 Å². The lowest BCUT2D eigenvalue weighted by molar-refractivity contribution is 0.0999. The Kier molecular flexibility index (Phi) is 4.79. The Labute approximate surface area is 166 Å². The standard InChI is InChI=1S/C22H18FN3OS/c1-14-17(21(24)27)11-20(26(14)12-16-9-5-6-10-18(16)23)19-13-28-22(25-19)15-7-3-2-4-8-15/h2-11,13H,12H2,1H3,(H2,24,27). The number of thiazole rings is 1. The van der Waals surface area contributed by atoms with E-state index in [2.05, 4.69) is 0 Å². The second kappa shape index (κ2) is 7.40. The van der Waals surface area contributed by atoms with Crippen LogP contribution in [0.25, 0.3) is 22.0 Å². The van der Waals surface area contributed by atoms with Gasteiger partial charge in [-0.15, -0.1) is 11.3 Å². The van der Waals surface area contributed by atoms with Crippen LogP contribution in [0.1, 0.15) is 21.6 Å². The van der Waals surface area contributed by atoms with Gasteiger partial charge in [0.15, 0.2) is 0 Å². The molecule has 2 N–H and O–H groups in total. The van der Waals surface area contributed by atoms with E-state index in [-0.39, 0.29) is 5.82 Å². The number of aromatic nitrogens is 2. The fourth-order valence-corrected chi connectivity index (χ4v) is 4.03. The molecule has 2 aromatic carbocycles. The number of hydrogen-bond donors (Lipinski definition) is 1. The van der Waals surface area contributed by atoms with E-state index in [0.717, 1.165) is 22.0 Å². The van der Waals surface area contributed by atoms with Gasteiger partial charge in [-0.05, 0) is 19.1 Å². The van der Waals surface area contributed by atoms with Crippen LogP contribution >= 0.6 is 11.3 Å². The number of carbonyl (C=O) groups is 1. The van der Waals surface area contributed by atoms with E-state index < -0.39 is 5.91 Å². The molecule has 4 aromatic rings. The molecule has 0 unspecified atom stereocenters. The van der Waals surface area contributed by atoms with Gasteiger partial charge in [-0.2, -0.15) is 0 Å². The number of nitrogens with zero attached hydrogens (tertiary/aromatic N) is 2. The fraction of sp³-hybridized carbons (Fsp3) is 0.0909. The molecule has 4 rings (SSSR count). The maximum atomic E-state index is 14.2. The molecule has 0 fully saturated rings. The summed E-state index contributed by atoms with van der Waals surface area (Å²) in [7, 11) is 0. The number of nitrogens with two attached hydrogens (primary N) is 1. The number of rotatable bonds is 5. The van der Waals surface area contributed by atoms with Gasteiger partial charge < -0.3 is 10.3 Å². The lowest BCUT2D eigenvalue weighted by atomic mass is 10.2. The van der Waals surface area contributed by atoms with Crippen LogP contribution in [0.5, 0.6) is 0 Å².